The Hall–Kier alpha value is -2.66. The Morgan fingerprint density at radius 2 is 1.79 bits per heavy atom. The lowest BCUT2D eigenvalue weighted by Gasteiger charge is -2.10. The monoisotopic (exact) mass is 343 g/mol. The molecule has 0 aliphatic rings. The maximum Gasteiger partial charge on any atom is 0.292 e. The zero-order chi connectivity index (χ0) is 16.9. The number of hydrogen-bond donors (Lipinski definition) is 1. The van der Waals surface area contributed by atoms with Gasteiger partial charge in [-0.05, 0) is 30.2 Å². The predicted molar refractivity (Wildman–Crippen MR) is 93.4 cm³/mol. The molecule has 4 nitrogen and oxygen atoms in total. The van der Waals surface area contributed by atoms with Crippen molar-refractivity contribution in [2.75, 3.05) is 11.9 Å². The molecule has 0 aliphatic heterocycles. The second kappa shape index (κ2) is 7.27. The molecule has 122 valence electrons. The fraction of sp³-hybridized carbons (Fsp3) is 0.111. The number of nitrogens with one attached hydrogen (secondary N) is 1. The maximum atomic E-state index is 13.6. The van der Waals surface area contributed by atoms with E-state index in [1.165, 1.54) is 16.9 Å². The van der Waals surface area contributed by atoms with E-state index >= 15 is 0 Å². The van der Waals surface area contributed by atoms with Crippen molar-refractivity contribution in [2.45, 2.75) is 6.42 Å². The van der Waals surface area contributed by atoms with E-state index in [-0.39, 0.29) is 10.8 Å². The molecule has 0 saturated heterocycles. The number of hydrogen-bond acceptors (Lipinski definition) is 3. The Bertz CT molecular complexity index is 896. The maximum absolute atomic E-state index is 13.6. The van der Waals surface area contributed by atoms with Gasteiger partial charge in [0.2, 0.25) is 0 Å². The van der Waals surface area contributed by atoms with Crippen molar-refractivity contribution in [3.8, 4) is 5.69 Å². The molecule has 1 heterocycles. The Labute approximate surface area is 143 Å². The van der Waals surface area contributed by atoms with E-state index in [0.717, 1.165) is 0 Å². The molecule has 0 amide bonds. The predicted octanol–water partition coefficient (Wildman–Crippen LogP) is 3.68. The van der Waals surface area contributed by atoms with Gasteiger partial charge >= 0.3 is 0 Å². The number of rotatable bonds is 5. The van der Waals surface area contributed by atoms with Gasteiger partial charge in [0.25, 0.3) is 5.56 Å². The molecule has 0 saturated carbocycles. The Morgan fingerprint density at radius 3 is 2.54 bits per heavy atom. The molecular weight excluding hydrogens is 329 g/mol. The average molecular weight is 344 g/mol. The summed E-state index contributed by atoms with van der Waals surface area (Å²) in [6, 6.07) is 15.6. The molecule has 3 rings (SSSR count). The number of anilines is 1. The molecule has 0 aliphatic carbocycles. The highest BCUT2D eigenvalue weighted by Crippen LogP contribution is 2.17. The van der Waals surface area contributed by atoms with Crippen molar-refractivity contribution < 1.29 is 4.39 Å². The van der Waals surface area contributed by atoms with Crippen LogP contribution >= 0.6 is 11.6 Å². The number of aromatic nitrogens is 2. The van der Waals surface area contributed by atoms with Gasteiger partial charge in [0.05, 0.1) is 17.6 Å². The van der Waals surface area contributed by atoms with Gasteiger partial charge in [-0.2, -0.15) is 9.78 Å². The van der Waals surface area contributed by atoms with Crippen LogP contribution in [-0.2, 0) is 6.42 Å². The van der Waals surface area contributed by atoms with E-state index in [1.54, 1.807) is 30.3 Å². The van der Waals surface area contributed by atoms with Crippen molar-refractivity contribution >= 4 is 17.3 Å². The van der Waals surface area contributed by atoms with E-state index in [1.807, 2.05) is 18.2 Å². The zero-order valence-electron chi connectivity index (χ0n) is 12.7. The summed E-state index contributed by atoms with van der Waals surface area (Å²) in [5, 5.41) is 7.23. The van der Waals surface area contributed by atoms with Crippen LogP contribution in [0.5, 0.6) is 0 Å². The van der Waals surface area contributed by atoms with E-state index < -0.39 is 5.56 Å². The summed E-state index contributed by atoms with van der Waals surface area (Å²) >= 11 is 6.15. The first-order chi connectivity index (χ1) is 11.7. The summed E-state index contributed by atoms with van der Waals surface area (Å²) in [5.41, 5.74) is 1.28. The molecule has 6 heteroatoms. The summed E-state index contributed by atoms with van der Waals surface area (Å²) in [6.07, 6.45) is 1.98. The van der Waals surface area contributed by atoms with E-state index in [0.29, 0.717) is 29.9 Å². The lowest BCUT2D eigenvalue weighted by Crippen LogP contribution is -2.23. The molecule has 1 aromatic heterocycles. The van der Waals surface area contributed by atoms with Crippen LogP contribution in [0.3, 0.4) is 0 Å². The lowest BCUT2D eigenvalue weighted by molar-refractivity contribution is 0.610. The molecule has 24 heavy (non-hydrogen) atoms. The minimum atomic E-state index is -0.404. The van der Waals surface area contributed by atoms with Crippen molar-refractivity contribution in [1.29, 1.82) is 0 Å². The summed E-state index contributed by atoms with van der Waals surface area (Å²) in [7, 11) is 0. The van der Waals surface area contributed by atoms with Crippen LogP contribution in [0, 0.1) is 5.82 Å². The van der Waals surface area contributed by atoms with Gasteiger partial charge in [0.1, 0.15) is 10.8 Å². The largest absolute Gasteiger partial charge is 0.382 e. The van der Waals surface area contributed by atoms with Crippen LogP contribution < -0.4 is 10.9 Å². The first kappa shape index (κ1) is 16.2. The lowest BCUT2D eigenvalue weighted by atomic mass is 10.1. The molecule has 2 aromatic carbocycles. The summed E-state index contributed by atoms with van der Waals surface area (Å²) < 4.78 is 14.8. The minimum absolute atomic E-state index is 0.0578. The minimum Gasteiger partial charge on any atom is -0.382 e. The second-order valence-corrected chi connectivity index (χ2v) is 5.57. The van der Waals surface area contributed by atoms with Crippen molar-refractivity contribution in [2.24, 2.45) is 0 Å². The number of para-hydroxylation sites is 1. The van der Waals surface area contributed by atoms with Gasteiger partial charge in [-0.3, -0.25) is 4.79 Å². The Balaban J connectivity index is 1.75. The molecule has 1 N–H and O–H groups in total. The van der Waals surface area contributed by atoms with E-state index in [2.05, 4.69) is 10.4 Å². The van der Waals surface area contributed by atoms with Crippen molar-refractivity contribution in [1.82, 2.24) is 9.78 Å². The quantitative estimate of drug-likeness (QED) is 0.768. The highest BCUT2D eigenvalue weighted by Gasteiger charge is 2.10. The standard InChI is InChI=1S/C18H15ClFN3O/c19-17-16(21-11-10-13-6-4-5-9-15(13)20)12-22-23(18(17)24)14-7-2-1-3-8-14/h1-9,12,21H,10-11H2. The smallest absolute Gasteiger partial charge is 0.292 e. The molecule has 0 bridgehead atoms. The molecule has 0 fully saturated rings. The molecule has 0 unspecified atom stereocenters. The topological polar surface area (TPSA) is 46.9 Å². The normalized spacial score (nSPS) is 10.6. The SMILES string of the molecule is O=c1c(Cl)c(NCCc2ccccc2F)cnn1-c1ccccc1. The van der Waals surface area contributed by atoms with Crippen LogP contribution in [0.1, 0.15) is 5.56 Å². The van der Waals surface area contributed by atoms with Crippen LogP contribution in [0.25, 0.3) is 5.69 Å². The van der Waals surface area contributed by atoms with Crippen LogP contribution in [0.4, 0.5) is 10.1 Å². The van der Waals surface area contributed by atoms with Gasteiger partial charge in [-0.1, -0.05) is 48.0 Å². The molecule has 0 radical (unpaired) electrons. The Kier molecular flexibility index (Phi) is 4.91. The van der Waals surface area contributed by atoms with Gasteiger partial charge in [-0.15, -0.1) is 0 Å². The third-order valence-electron chi connectivity index (χ3n) is 3.59. The summed E-state index contributed by atoms with van der Waals surface area (Å²) in [6.45, 7) is 0.442. The first-order valence-electron chi connectivity index (χ1n) is 7.47. The average Bonchev–Trinajstić information content (AvgIpc) is 2.61. The fourth-order valence-corrected chi connectivity index (χ4v) is 2.54. The number of nitrogens with zero attached hydrogens (tertiary/aromatic N) is 2. The van der Waals surface area contributed by atoms with Gasteiger partial charge in [-0.25, -0.2) is 4.39 Å². The molecule has 3 aromatic rings. The van der Waals surface area contributed by atoms with E-state index in [4.69, 9.17) is 11.6 Å². The van der Waals surface area contributed by atoms with E-state index in [9.17, 15) is 9.18 Å². The molecule has 0 spiro atoms. The van der Waals surface area contributed by atoms with Crippen LogP contribution in [0.15, 0.2) is 65.6 Å². The fourth-order valence-electron chi connectivity index (χ4n) is 2.34. The van der Waals surface area contributed by atoms with Gasteiger partial charge < -0.3 is 5.32 Å². The second-order valence-electron chi connectivity index (χ2n) is 5.19. The first-order valence-corrected chi connectivity index (χ1v) is 7.85. The highest BCUT2D eigenvalue weighted by molar-refractivity contribution is 6.32. The van der Waals surface area contributed by atoms with Crippen LogP contribution in [-0.4, -0.2) is 16.3 Å². The number of halogens is 2. The van der Waals surface area contributed by atoms with Crippen LogP contribution in [0.2, 0.25) is 5.02 Å². The third kappa shape index (κ3) is 3.46. The summed E-state index contributed by atoms with van der Waals surface area (Å²) in [5.74, 6) is -0.247. The van der Waals surface area contributed by atoms with Crippen molar-refractivity contribution in [3.63, 3.8) is 0 Å². The molecule has 0 atom stereocenters. The Morgan fingerprint density at radius 1 is 1.08 bits per heavy atom. The highest BCUT2D eigenvalue weighted by atomic mass is 35.5. The molecular formula is C18H15ClFN3O. The third-order valence-corrected chi connectivity index (χ3v) is 3.95. The van der Waals surface area contributed by atoms with Gasteiger partial charge in [0, 0.05) is 6.54 Å². The van der Waals surface area contributed by atoms with Gasteiger partial charge in [0.15, 0.2) is 0 Å². The number of benzene rings is 2. The summed E-state index contributed by atoms with van der Waals surface area (Å²) in [4.78, 5) is 12.3. The van der Waals surface area contributed by atoms with Crippen molar-refractivity contribution in [3.05, 3.63) is 87.6 Å². The zero-order valence-corrected chi connectivity index (χ0v) is 13.5.